The summed E-state index contributed by atoms with van der Waals surface area (Å²) in [6, 6.07) is 0. The first-order valence-electron chi connectivity index (χ1n) is 9.16. The van der Waals surface area contributed by atoms with Crippen molar-refractivity contribution < 1.29 is 0 Å². The van der Waals surface area contributed by atoms with E-state index in [1.54, 1.807) is 11.1 Å². The maximum absolute atomic E-state index is 2.49. The van der Waals surface area contributed by atoms with Crippen LogP contribution in [0.5, 0.6) is 0 Å². The van der Waals surface area contributed by atoms with Crippen molar-refractivity contribution in [2.75, 3.05) is 0 Å². The molecule has 0 spiro atoms. The third-order valence-corrected chi connectivity index (χ3v) is 5.79. The lowest BCUT2D eigenvalue weighted by Gasteiger charge is -2.38. The fourth-order valence-corrected chi connectivity index (χ4v) is 4.35. The minimum absolute atomic E-state index is 0.929. The molecule has 0 radical (unpaired) electrons. The maximum Gasteiger partial charge on any atom is -0.0289 e. The van der Waals surface area contributed by atoms with Crippen LogP contribution >= 0.6 is 0 Å². The largest absolute Gasteiger partial charge is 0.0747 e. The van der Waals surface area contributed by atoms with Gasteiger partial charge in [0.05, 0.1) is 0 Å². The molecule has 0 aromatic carbocycles. The Balaban J connectivity index is 2.68. The van der Waals surface area contributed by atoms with E-state index in [0.717, 1.165) is 23.7 Å². The van der Waals surface area contributed by atoms with Gasteiger partial charge in [0, 0.05) is 0 Å². The second-order valence-corrected chi connectivity index (χ2v) is 7.51. The van der Waals surface area contributed by atoms with Crippen LogP contribution in [-0.4, -0.2) is 0 Å². The molecule has 0 bridgehead atoms. The van der Waals surface area contributed by atoms with Crippen LogP contribution in [0, 0.1) is 23.7 Å². The number of hydrogen-bond donors (Lipinski definition) is 0. The molecule has 20 heavy (non-hydrogen) atoms. The fraction of sp³-hybridized carbons (Fsp3) is 0.900. The van der Waals surface area contributed by atoms with Gasteiger partial charge in [0.2, 0.25) is 0 Å². The summed E-state index contributed by atoms with van der Waals surface area (Å²) in [5, 5.41) is 0. The SMILES string of the molecule is CCC[C@H]1C[C@@H](C)C[C@@H](C(CC)C/C(C)=C(/C)CC)C1. The van der Waals surface area contributed by atoms with Crippen LogP contribution in [0.1, 0.15) is 92.9 Å². The summed E-state index contributed by atoms with van der Waals surface area (Å²) < 4.78 is 0. The lowest BCUT2D eigenvalue weighted by Crippen LogP contribution is -2.27. The van der Waals surface area contributed by atoms with E-state index >= 15 is 0 Å². The van der Waals surface area contributed by atoms with E-state index in [-0.39, 0.29) is 0 Å². The highest BCUT2D eigenvalue weighted by Crippen LogP contribution is 2.42. The monoisotopic (exact) mass is 278 g/mol. The number of allylic oxidation sites excluding steroid dienone is 2. The Kier molecular flexibility index (Phi) is 7.92. The minimum Gasteiger partial charge on any atom is -0.0747 e. The van der Waals surface area contributed by atoms with E-state index in [0.29, 0.717) is 0 Å². The first-order chi connectivity index (χ1) is 9.51. The zero-order valence-corrected chi connectivity index (χ0v) is 15.0. The highest BCUT2D eigenvalue weighted by atomic mass is 14.4. The zero-order chi connectivity index (χ0) is 15.1. The van der Waals surface area contributed by atoms with Gasteiger partial charge >= 0.3 is 0 Å². The molecule has 4 atom stereocenters. The Hall–Kier alpha value is -0.260. The quantitative estimate of drug-likeness (QED) is 0.440. The van der Waals surface area contributed by atoms with Crippen molar-refractivity contribution in [2.24, 2.45) is 23.7 Å². The zero-order valence-electron chi connectivity index (χ0n) is 15.0. The third kappa shape index (κ3) is 5.26. The van der Waals surface area contributed by atoms with E-state index in [9.17, 15) is 0 Å². The molecule has 118 valence electrons. The van der Waals surface area contributed by atoms with Crippen molar-refractivity contribution in [3.05, 3.63) is 11.1 Å². The summed E-state index contributed by atoms with van der Waals surface area (Å²) in [6.07, 6.45) is 11.3. The molecular formula is C20H38. The van der Waals surface area contributed by atoms with Gasteiger partial charge in [0.15, 0.2) is 0 Å². The molecule has 0 saturated heterocycles. The summed E-state index contributed by atoms with van der Waals surface area (Å²) in [7, 11) is 0. The van der Waals surface area contributed by atoms with E-state index < -0.39 is 0 Å². The highest BCUT2D eigenvalue weighted by molar-refractivity contribution is 5.10. The Labute approximate surface area is 128 Å². The number of hydrogen-bond acceptors (Lipinski definition) is 0. The maximum atomic E-state index is 2.49. The smallest absolute Gasteiger partial charge is 0.0289 e. The van der Waals surface area contributed by atoms with Gasteiger partial charge in [0.25, 0.3) is 0 Å². The minimum atomic E-state index is 0.929. The van der Waals surface area contributed by atoms with Crippen LogP contribution in [-0.2, 0) is 0 Å². The molecule has 0 aromatic rings. The van der Waals surface area contributed by atoms with Gasteiger partial charge in [-0.1, -0.05) is 58.1 Å². The van der Waals surface area contributed by atoms with E-state index in [4.69, 9.17) is 0 Å². The molecule has 0 aliphatic heterocycles. The first-order valence-corrected chi connectivity index (χ1v) is 9.16. The molecule has 0 nitrogen and oxygen atoms in total. The summed E-state index contributed by atoms with van der Waals surface area (Å²) in [5.74, 6) is 3.88. The van der Waals surface area contributed by atoms with Crippen molar-refractivity contribution >= 4 is 0 Å². The Morgan fingerprint density at radius 1 is 1.00 bits per heavy atom. The van der Waals surface area contributed by atoms with Crippen LogP contribution in [0.4, 0.5) is 0 Å². The lowest BCUT2D eigenvalue weighted by atomic mass is 9.68. The molecule has 1 aliphatic rings. The topological polar surface area (TPSA) is 0 Å². The second kappa shape index (κ2) is 8.90. The summed E-state index contributed by atoms with van der Waals surface area (Å²) >= 11 is 0. The molecule has 1 rings (SSSR count). The van der Waals surface area contributed by atoms with Crippen molar-refractivity contribution in [1.82, 2.24) is 0 Å². The highest BCUT2D eigenvalue weighted by Gasteiger charge is 2.30. The van der Waals surface area contributed by atoms with E-state index in [2.05, 4.69) is 41.5 Å². The lowest BCUT2D eigenvalue weighted by molar-refractivity contribution is 0.141. The summed E-state index contributed by atoms with van der Waals surface area (Å²) in [4.78, 5) is 0. The molecular weight excluding hydrogens is 240 g/mol. The van der Waals surface area contributed by atoms with Crippen molar-refractivity contribution in [2.45, 2.75) is 92.9 Å². The second-order valence-electron chi connectivity index (χ2n) is 7.51. The predicted octanol–water partition coefficient (Wildman–Crippen LogP) is 7.00. The predicted molar refractivity (Wildman–Crippen MR) is 92.0 cm³/mol. The summed E-state index contributed by atoms with van der Waals surface area (Å²) in [6.45, 7) is 14.2. The van der Waals surface area contributed by atoms with E-state index in [1.807, 2.05) is 0 Å². The fourth-order valence-electron chi connectivity index (χ4n) is 4.35. The van der Waals surface area contributed by atoms with Gasteiger partial charge in [-0.3, -0.25) is 0 Å². The third-order valence-electron chi connectivity index (χ3n) is 5.79. The van der Waals surface area contributed by atoms with Crippen LogP contribution < -0.4 is 0 Å². The van der Waals surface area contributed by atoms with Gasteiger partial charge in [-0.15, -0.1) is 0 Å². The molecule has 1 saturated carbocycles. The van der Waals surface area contributed by atoms with Gasteiger partial charge in [-0.2, -0.15) is 0 Å². The average molecular weight is 279 g/mol. The van der Waals surface area contributed by atoms with Crippen LogP contribution in [0.2, 0.25) is 0 Å². The van der Waals surface area contributed by atoms with Crippen LogP contribution in [0.15, 0.2) is 11.1 Å². The molecule has 1 fully saturated rings. The molecule has 0 aromatic heterocycles. The molecule has 1 unspecified atom stereocenters. The molecule has 0 heteroatoms. The normalized spacial score (nSPS) is 30.0. The Bertz CT molecular complexity index is 299. The molecule has 0 heterocycles. The Morgan fingerprint density at radius 2 is 1.70 bits per heavy atom. The van der Waals surface area contributed by atoms with Gasteiger partial charge in [-0.05, 0) is 69.6 Å². The van der Waals surface area contributed by atoms with Gasteiger partial charge in [-0.25, -0.2) is 0 Å². The van der Waals surface area contributed by atoms with Crippen LogP contribution in [0.3, 0.4) is 0 Å². The molecule has 0 amide bonds. The van der Waals surface area contributed by atoms with Crippen LogP contribution in [0.25, 0.3) is 0 Å². The first kappa shape index (κ1) is 17.8. The molecule has 0 N–H and O–H groups in total. The Morgan fingerprint density at radius 3 is 2.25 bits per heavy atom. The van der Waals surface area contributed by atoms with Gasteiger partial charge < -0.3 is 0 Å². The summed E-state index contributed by atoms with van der Waals surface area (Å²) in [5.41, 5.74) is 3.29. The number of rotatable bonds is 7. The van der Waals surface area contributed by atoms with Crippen molar-refractivity contribution in [3.8, 4) is 0 Å². The average Bonchev–Trinajstić information content (AvgIpc) is 2.43. The molecule has 1 aliphatic carbocycles. The van der Waals surface area contributed by atoms with Crippen molar-refractivity contribution in [1.29, 1.82) is 0 Å². The van der Waals surface area contributed by atoms with Crippen molar-refractivity contribution in [3.63, 3.8) is 0 Å². The van der Waals surface area contributed by atoms with Gasteiger partial charge in [0.1, 0.15) is 0 Å². The standard InChI is InChI=1S/C20H38/c1-7-10-18-11-15(4)12-20(14-18)19(9-3)13-17(6)16(5)8-2/h15,18-20H,7-14H2,1-6H3/b17-16-/t15-,18+,19?,20-/m1/s1. The van der Waals surface area contributed by atoms with E-state index in [1.165, 1.54) is 51.4 Å².